The van der Waals surface area contributed by atoms with Crippen molar-refractivity contribution in [2.24, 2.45) is 0 Å². The van der Waals surface area contributed by atoms with E-state index in [9.17, 15) is 10.2 Å². The van der Waals surface area contributed by atoms with E-state index < -0.39 is 38.2 Å². The van der Waals surface area contributed by atoms with Crippen molar-refractivity contribution >= 4 is 26.5 Å². The number of hydrogen-bond donors (Lipinski definition) is 2. The van der Waals surface area contributed by atoms with E-state index in [2.05, 4.69) is 56.7 Å². The molecule has 2 N–H and O–H groups in total. The van der Waals surface area contributed by atoms with Crippen LogP contribution in [0.15, 0.2) is 32.6 Å². The number of allylic oxidation sites excluding steroid dienone is 3. The van der Waals surface area contributed by atoms with Crippen LogP contribution in [0.5, 0.6) is 0 Å². The van der Waals surface area contributed by atoms with Gasteiger partial charge in [-0.2, -0.15) is 0 Å². The Balaban J connectivity index is 2.47. The van der Waals surface area contributed by atoms with Gasteiger partial charge in [-0.1, -0.05) is 0 Å². The summed E-state index contributed by atoms with van der Waals surface area (Å²) in [6.45, 7) is 14.2. The molecule has 0 amide bonds. The van der Waals surface area contributed by atoms with Gasteiger partial charge in [0.1, 0.15) is 0 Å². The third-order valence-electron chi connectivity index (χ3n) is 7.38. The van der Waals surface area contributed by atoms with E-state index in [0.717, 1.165) is 24.0 Å². The summed E-state index contributed by atoms with van der Waals surface area (Å²) >= 11 is -2.37. The summed E-state index contributed by atoms with van der Waals surface area (Å²) in [5.74, 6) is 0. The number of aliphatic hydroxyl groups is 2. The van der Waals surface area contributed by atoms with Crippen LogP contribution >= 0.6 is 0 Å². The predicted octanol–water partition coefficient (Wildman–Crippen LogP) is 7.32. The fourth-order valence-corrected chi connectivity index (χ4v) is 21.6. The summed E-state index contributed by atoms with van der Waals surface area (Å²) in [5, 5.41) is 23.4. The molecule has 0 aromatic heterocycles. The van der Waals surface area contributed by atoms with E-state index in [1.165, 1.54) is 57.0 Å². The maximum absolute atomic E-state index is 11.0. The van der Waals surface area contributed by atoms with Crippen LogP contribution in [-0.2, 0) is 0 Å². The molecule has 1 saturated carbocycles. The summed E-state index contributed by atoms with van der Waals surface area (Å²) in [6, 6.07) is 0. The molecule has 0 aromatic carbocycles. The zero-order valence-corrected chi connectivity index (χ0v) is 24.5. The second-order valence-electron chi connectivity index (χ2n) is 10.9. The third-order valence-corrected chi connectivity index (χ3v) is 23.5. The van der Waals surface area contributed by atoms with Crippen molar-refractivity contribution in [3.8, 4) is 0 Å². The molecule has 0 radical (unpaired) electrons. The fraction of sp³-hybridized carbons (Fsp3) is 0.769. The fourth-order valence-electron chi connectivity index (χ4n) is 5.37. The number of hydrogen-bond acceptors (Lipinski definition) is 2. The van der Waals surface area contributed by atoms with Crippen molar-refractivity contribution in [1.29, 1.82) is 0 Å². The van der Waals surface area contributed by atoms with Gasteiger partial charge >= 0.3 is 192 Å². The molecule has 2 aliphatic rings. The van der Waals surface area contributed by atoms with Crippen molar-refractivity contribution in [2.75, 3.05) is 0 Å². The zero-order chi connectivity index (χ0) is 22.4. The summed E-state index contributed by atoms with van der Waals surface area (Å²) in [5.41, 5.74) is 1.17. The number of unbranched alkanes of at least 4 members (excludes halogenated alkanes) is 3. The minimum atomic E-state index is -2.37. The average Bonchev–Trinajstić information content (AvgIpc) is 2.71. The number of rotatable bonds is 12. The van der Waals surface area contributed by atoms with Gasteiger partial charge in [0.25, 0.3) is 0 Å². The van der Waals surface area contributed by atoms with E-state index in [4.69, 9.17) is 0 Å². The van der Waals surface area contributed by atoms with Crippen LogP contribution in [0.3, 0.4) is 0 Å². The number of aliphatic hydroxyl groups excluding tert-OH is 1. The Morgan fingerprint density at radius 3 is 2.07 bits per heavy atom. The van der Waals surface area contributed by atoms with Gasteiger partial charge in [0, 0.05) is 0 Å². The Morgan fingerprint density at radius 2 is 1.60 bits per heavy atom. The Kier molecular flexibility index (Phi) is 9.98. The molecule has 0 bridgehead atoms. The van der Waals surface area contributed by atoms with Gasteiger partial charge in [-0.3, -0.25) is 0 Å². The Morgan fingerprint density at radius 1 is 1.07 bits per heavy atom. The van der Waals surface area contributed by atoms with E-state index in [1.54, 1.807) is 0 Å². The van der Waals surface area contributed by atoms with Gasteiger partial charge in [0.15, 0.2) is 0 Å². The number of fused-ring (bicyclic) bond motifs is 1. The first kappa shape index (κ1) is 26.4. The van der Waals surface area contributed by atoms with Crippen LogP contribution in [0, 0.1) is 0 Å². The zero-order valence-electron chi connectivity index (χ0n) is 20.7. The first-order chi connectivity index (χ1) is 14.1. The van der Waals surface area contributed by atoms with Gasteiger partial charge in [0.2, 0.25) is 0 Å². The van der Waals surface area contributed by atoms with Crippen LogP contribution in [-0.4, -0.2) is 48.4 Å². The molecule has 2 aliphatic carbocycles. The molecule has 4 heteroatoms. The first-order valence-electron chi connectivity index (χ1n) is 12.7. The summed E-state index contributed by atoms with van der Waals surface area (Å²) in [7, 11) is -1.65. The molecular weight excluding hydrogens is 491 g/mol. The Bertz CT molecular complexity index is 637. The molecule has 0 heterocycles. The van der Waals surface area contributed by atoms with Gasteiger partial charge in [-0.15, -0.1) is 0 Å². The van der Waals surface area contributed by atoms with Gasteiger partial charge in [-0.25, -0.2) is 0 Å². The third kappa shape index (κ3) is 5.93. The van der Waals surface area contributed by atoms with Crippen LogP contribution in [0.4, 0.5) is 0 Å². The van der Waals surface area contributed by atoms with Crippen molar-refractivity contribution in [1.82, 2.24) is 0 Å². The molecule has 172 valence electrons. The van der Waals surface area contributed by atoms with E-state index in [-0.39, 0.29) is 0 Å². The molecule has 1 fully saturated rings. The van der Waals surface area contributed by atoms with Crippen molar-refractivity contribution < 1.29 is 10.2 Å². The standard InChI is InChI=1S/C14H21O2Si.3C4H9.Sn/c1-5-11(17(2,3)4)12-10-8-6-7-9-14(10,16)13(12)15;3*1-3-4-2;/h1,5,8,13,15-16H,6-7,9H2,2-4H3;3*1,3-4H2,2H3;/b5-1?,12-11-;;;;/t13-,14+;;;;/m0..../s1. The van der Waals surface area contributed by atoms with Crippen LogP contribution in [0.25, 0.3) is 0 Å². The molecule has 0 aliphatic heterocycles. The second-order valence-corrected chi connectivity index (χ2v) is 29.0. The first-order valence-corrected chi connectivity index (χ1v) is 23.9. The molecular formula is C26H48O2SiSn. The molecule has 2 atom stereocenters. The quantitative estimate of drug-likeness (QED) is 0.255. The van der Waals surface area contributed by atoms with Gasteiger partial charge < -0.3 is 0 Å². The normalized spacial score (nSPS) is 26.4. The summed E-state index contributed by atoms with van der Waals surface area (Å²) in [6.07, 6.45) is 14.7. The van der Waals surface area contributed by atoms with Gasteiger partial charge in [0.05, 0.1) is 0 Å². The van der Waals surface area contributed by atoms with E-state index in [0.29, 0.717) is 6.42 Å². The predicted molar refractivity (Wildman–Crippen MR) is 137 cm³/mol. The second kappa shape index (κ2) is 11.3. The maximum atomic E-state index is 11.0. The van der Waals surface area contributed by atoms with Crippen molar-refractivity contribution in [3.05, 3.63) is 32.6 Å². The Hall–Kier alpha value is 0.156. The Labute approximate surface area is 191 Å². The van der Waals surface area contributed by atoms with Crippen molar-refractivity contribution in [2.45, 2.75) is 123 Å². The minimum absolute atomic E-state index is 0.693. The summed E-state index contributed by atoms with van der Waals surface area (Å²) < 4.78 is 7.19. The van der Waals surface area contributed by atoms with Crippen LogP contribution < -0.4 is 0 Å². The molecule has 2 rings (SSSR count). The molecule has 0 saturated heterocycles. The summed E-state index contributed by atoms with van der Waals surface area (Å²) in [4.78, 5) is 0. The van der Waals surface area contributed by atoms with Crippen molar-refractivity contribution in [3.63, 3.8) is 0 Å². The van der Waals surface area contributed by atoms with Crippen LogP contribution in [0.2, 0.25) is 33.0 Å². The topological polar surface area (TPSA) is 40.5 Å². The average molecular weight is 539 g/mol. The SMILES string of the molecule is CCC[CH2][Sn](/[CH]=C/C(=C1\C2=CCCC[C@]2(O)[C@H]1O)[Si](C)(C)C)([CH2]CCC)[CH2]CCC. The molecule has 30 heavy (non-hydrogen) atoms. The van der Waals surface area contributed by atoms with Crippen LogP contribution in [0.1, 0.15) is 78.6 Å². The molecule has 0 unspecified atom stereocenters. The monoisotopic (exact) mass is 540 g/mol. The van der Waals surface area contributed by atoms with Gasteiger partial charge in [-0.05, 0) is 0 Å². The molecule has 2 nitrogen and oxygen atoms in total. The van der Waals surface area contributed by atoms with E-state index >= 15 is 0 Å². The molecule has 0 spiro atoms. The van der Waals surface area contributed by atoms with E-state index in [1.807, 2.05) is 0 Å². The molecule has 0 aromatic rings.